The molecule has 1 atom stereocenters. The molecule has 2 aliphatic heterocycles. The Labute approximate surface area is 150 Å². The van der Waals surface area contributed by atoms with Gasteiger partial charge in [0, 0.05) is 51.7 Å². The second-order valence-electron chi connectivity index (χ2n) is 7.16. The van der Waals surface area contributed by atoms with Crippen molar-refractivity contribution in [3.63, 3.8) is 0 Å². The second-order valence-corrected chi connectivity index (χ2v) is 7.16. The number of nitrogens with zero attached hydrogens (tertiary/aromatic N) is 3. The third-order valence-corrected chi connectivity index (χ3v) is 5.43. The highest BCUT2D eigenvalue weighted by Gasteiger charge is 2.31. The van der Waals surface area contributed by atoms with Gasteiger partial charge in [-0.1, -0.05) is 0 Å². The van der Waals surface area contributed by atoms with Crippen LogP contribution in [0.1, 0.15) is 31.5 Å². The van der Waals surface area contributed by atoms with E-state index in [0.29, 0.717) is 19.2 Å². The Hall–Kier alpha value is -1.44. The van der Waals surface area contributed by atoms with E-state index < -0.39 is 0 Å². The average molecular weight is 349 g/mol. The summed E-state index contributed by atoms with van der Waals surface area (Å²) in [4.78, 5) is 24.8. The molecule has 0 bridgehead atoms. The van der Waals surface area contributed by atoms with Crippen molar-refractivity contribution in [2.24, 2.45) is 5.92 Å². The zero-order valence-electron chi connectivity index (χ0n) is 15.2. The Morgan fingerprint density at radius 1 is 1.36 bits per heavy atom. The van der Waals surface area contributed by atoms with Crippen LogP contribution >= 0.6 is 0 Å². The number of H-pyrrole nitrogens is 1. The van der Waals surface area contributed by atoms with Crippen LogP contribution in [0.25, 0.3) is 0 Å². The highest BCUT2D eigenvalue weighted by atomic mass is 16.5. The van der Waals surface area contributed by atoms with Crippen LogP contribution in [-0.4, -0.2) is 78.2 Å². The molecule has 1 aromatic heterocycles. The number of hydrogen-bond acceptors (Lipinski definition) is 5. The lowest BCUT2D eigenvalue weighted by atomic mass is 9.93. The molecular formula is C18H31N5O2. The van der Waals surface area contributed by atoms with E-state index in [1.807, 2.05) is 12.4 Å². The van der Waals surface area contributed by atoms with Crippen LogP contribution < -0.4 is 5.32 Å². The molecule has 3 heterocycles. The van der Waals surface area contributed by atoms with Gasteiger partial charge in [-0.05, 0) is 32.2 Å². The van der Waals surface area contributed by atoms with Crippen LogP contribution in [-0.2, 0) is 16.1 Å². The summed E-state index contributed by atoms with van der Waals surface area (Å²) in [6.07, 6.45) is 8.18. The maximum atomic E-state index is 12.3. The zero-order valence-corrected chi connectivity index (χ0v) is 15.2. The van der Waals surface area contributed by atoms with Crippen LogP contribution in [0, 0.1) is 5.92 Å². The summed E-state index contributed by atoms with van der Waals surface area (Å²) in [5, 5.41) is 3.00. The number of rotatable bonds is 7. The fourth-order valence-electron chi connectivity index (χ4n) is 4.01. The number of carbonyl (C=O) groups is 1. The number of likely N-dealkylation sites (tertiary alicyclic amines) is 2. The van der Waals surface area contributed by atoms with Gasteiger partial charge >= 0.3 is 0 Å². The predicted octanol–water partition coefficient (Wildman–Crippen LogP) is 0.849. The summed E-state index contributed by atoms with van der Waals surface area (Å²) in [7, 11) is 1.66. The van der Waals surface area contributed by atoms with Gasteiger partial charge in [0.05, 0.1) is 19.1 Å². The van der Waals surface area contributed by atoms with Gasteiger partial charge in [-0.3, -0.25) is 14.6 Å². The smallest absolute Gasteiger partial charge is 0.224 e. The van der Waals surface area contributed by atoms with Gasteiger partial charge in [-0.2, -0.15) is 0 Å². The highest BCUT2D eigenvalue weighted by molar-refractivity contribution is 5.78. The molecule has 0 radical (unpaired) electrons. The van der Waals surface area contributed by atoms with Gasteiger partial charge in [-0.15, -0.1) is 0 Å². The SMILES string of the molecule is COCCNC(=O)[C@H]1CCCN(C2CCN(Cc3ncc[nH]3)CC2)C1. The van der Waals surface area contributed by atoms with Crippen molar-refractivity contribution in [1.82, 2.24) is 25.1 Å². The van der Waals surface area contributed by atoms with Gasteiger partial charge in [0.2, 0.25) is 5.91 Å². The summed E-state index contributed by atoms with van der Waals surface area (Å²) >= 11 is 0. The van der Waals surface area contributed by atoms with Gasteiger partial charge in [-0.25, -0.2) is 4.98 Å². The van der Waals surface area contributed by atoms with E-state index in [2.05, 4.69) is 25.1 Å². The summed E-state index contributed by atoms with van der Waals surface area (Å²) in [5.74, 6) is 1.37. The number of nitrogens with one attached hydrogen (secondary N) is 2. The molecule has 0 aliphatic carbocycles. The maximum absolute atomic E-state index is 12.3. The van der Waals surface area contributed by atoms with E-state index in [9.17, 15) is 4.79 Å². The molecule has 7 heteroatoms. The lowest BCUT2D eigenvalue weighted by Crippen LogP contribution is -2.50. The largest absolute Gasteiger partial charge is 0.383 e. The molecule has 2 saturated heterocycles. The van der Waals surface area contributed by atoms with Crippen molar-refractivity contribution in [3.8, 4) is 0 Å². The number of ether oxygens (including phenoxy) is 1. The quantitative estimate of drug-likeness (QED) is 0.714. The standard InChI is InChI=1S/C18H31N5O2/c1-25-12-8-21-18(24)15-3-2-9-23(13-15)16-4-10-22(11-5-16)14-17-19-6-7-20-17/h6-7,15-16H,2-5,8-14H2,1H3,(H,19,20)(H,21,24)/t15-/m0/s1. The lowest BCUT2D eigenvalue weighted by molar-refractivity contribution is -0.127. The monoisotopic (exact) mass is 349 g/mol. The van der Waals surface area contributed by atoms with E-state index >= 15 is 0 Å². The number of hydrogen-bond donors (Lipinski definition) is 2. The lowest BCUT2D eigenvalue weighted by Gasteiger charge is -2.41. The molecule has 25 heavy (non-hydrogen) atoms. The van der Waals surface area contributed by atoms with Crippen molar-refractivity contribution in [3.05, 3.63) is 18.2 Å². The Kier molecular flexibility index (Phi) is 6.84. The maximum Gasteiger partial charge on any atom is 0.224 e. The summed E-state index contributed by atoms with van der Waals surface area (Å²) in [6.45, 7) is 6.34. The first-order chi connectivity index (χ1) is 12.3. The average Bonchev–Trinajstić information content (AvgIpc) is 3.16. The number of carbonyl (C=O) groups excluding carboxylic acids is 1. The van der Waals surface area contributed by atoms with E-state index in [1.165, 1.54) is 12.8 Å². The zero-order chi connectivity index (χ0) is 17.5. The molecule has 0 saturated carbocycles. The number of aromatic amines is 1. The van der Waals surface area contributed by atoms with Crippen LogP contribution in [0.3, 0.4) is 0 Å². The Morgan fingerprint density at radius 3 is 2.92 bits per heavy atom. The van der Waals surface area contributed by atoms with Crippen molar-refractivity contribution in [2.75, 3.05) is 46.4 Å². The normalized spacial score (nSPS) is 23.6. The Morgan fingerprint density at radius 2 is 2.20 bits per heavy atom. The number of amides is 1. The number of piperidine rings is 2. The first-order valence-corrected chi connectivity index (χ1v) is 9.47. The van der Waals surface area contributed by atoms with Gasteiger partial charge in [0.15, 0.2) is 0 Å². The molecule has 2 fully saturated rings. The van der Waals surface area contributed by atoms with Gasteiger partial charge < -0.3 is 15.0 Å². The van der Waals surface area contributed by atoms with E-state index in [1.54, 1.807) is 7.11 Å². The van der Waals surface area contributed by atoms with Crippen LogP contribution in [0.2, 0.25) is 0 Å². The van der Waals surface area contributed by atoms with E-state index in [0.717, 1.165) is 51.4 Å². The summed E-state index contributed by atoms with van der Waals surface area (Å²) < 4.78 is 5.01. The molecule has 1 aromatic rings. The van der Waals surface area contributed by atoms with Gasteiger partial charge in [0.25, 0.3) is 0 Å². The molecular weight excluding hydrogens is 318 g/mol. The van der Waals surface area contributed by atoms with E-state index in [4.69, 9.17) is 4.74 Å². The Balaban J connectivity index is 1.42. The molecule has 140 valence electrons. The van der Waals surface area contributed by atoms with Crippen LogP contribution in [0.5, 0.6) is 0 Å². The first kappa shape index (κ1) is 18.4. The van der Waals surface area contributed by atoms with Crippen molar-refractivity contribution in [2.45, 2.75) is 38.3 Å². The third-order valence-electron chi connectivity index (χ3n) is 5.43. The number of imidazole rings is 1. The minimum atomic E-state index is 0.131. The Bertz CT molecular complexity index is 514. The summed E-state index contributed by atoms with van der Waals surface area (Å²) in [5.41, 5.74) is 0. The fourth-order valence-corrected chi connectivity index (χ4v) is 4.01. The molecule has 0 unspecified atom stereocenters. The van der Waals surface area contributed by atoms with E-state index in [-0.39, 0.29) is 11.8 Å². The third kappa shape index (κ3) is 5.26. The predicted molar refractivity (Wildman–Crippen MR) is 96.1 cm³/mol. The summed E-state index contributed by atoms with van der Waals surface area (Å²) in [6, 6.07) is 0.613. The fraction of sp³-hybridized carbons (Fsp3) is 0.778. The van der Waals surface area contributed by atoms with Crippen LogP contribution in [0.4, 0.5) is 0 Å². The highest BCUT2D eigenvalue weighted by Crippen LogP contribution is 2.24. The molecule has 2 N–H and O–H groups in total. The van der Waals surface area contributed by atoms with Gasteiger partial charge in [0.1, 0.15) is 5.82 Å². The molecule has 7 nitrogen and oxygen atoms in total. The number of aromatic nitrogens is 2. The van der Waals surface area contributed by atoms with Crippen molar-refractivity contribution < 1.29 is 9.53 Å². The first-order valence-electron chi connectivity index (χ1n) is 9.47. The topological polar surface area (TPSA) is 73.5 Å². The molecule has 2 aliphatic rings. The molecule has 0 spiro atoms. The number of methoxy groups -OCH3 is 1. The molecule has 3 rings (SSSR count). The molecule has 0 aromatic carbocycles. The minimum absolute atomic E-state index is 0.131. The van der Waals surface area contributed by atoms with Crippen LogP contribution in [0.15, 0.2) is 12.4 Å². The molecule has 1 amide bonds. The minimum Gasteiger partial charge on any atom is -0.383 e. The second kappa shape index (κ2) is 9.31. The van der Waals surface area contributed by atoms with Crippen molar-refractivity contribution >= 4 is 5.91 Å². The van der Waals surface area contributed by atoms with Crippen molar-refractivity contribution in [1.29, 1.82) is 0 Å².